The molecule has 3 heteroatoms. The van der Waals surface area contributed by atoms with E-state index in [1.54, 1.807) is 24.3 Å². The van der Waals surface area contributed by atoms with Crippen LogP contribution in [-0.2, 0) is 0 Å². The average Bonchev–Trinajstić information content (AvgIpc) is 2.40. The van der Waals surface area contributed by atoms with Gasteiger partial charge in [-0.05, 0) is 48.7 Å². The summed E-state index contributed by atoms with van der Waals surface area (Å²) in [6.07, 6.45) is 0.0534. The molecule has 1 N–H and O–H groups in total. The number of ketones is 1. The number of hydrogen-bond donors (Lipinski definition) is 1. The van der Waals surface area contributed by atoms with Gasteiger partial charge in [-0.15, -0.1) is 0 Å². The number of hydrogen-bond acceptors (Lipinski definition) is 3. The van der Waals surface area contributed by atoms with Crippen LogP contribution in [0, 0.1) is 13.8 Å². The Balaban J connectivity index is 2.00. The smallest absolute Gasteiger partial charge is 0.170 e. The van der Waals surface area contributed by atoms with Gasteiger partial charge in [0.15, 0.2) is 5.78 Å². The van der Waals surface area contributed by atoms with E-state index < -0.39 is 0 Å². The summed E-state index contributed by atoms with van der Waals surface area (Å²) in [5.41, 5.74) is 3.64. The maximum atomic E-state index is 12.3. The Labute approximate surface area is 117 Å². The molecule has 2 aromatic carbocycles. The molecule has 1 aliphatic rings. The molecule has 0 saturated carbocycles. The molecule has 0 fully saturated rings. The van der Waals surface area contributed by atoms with Crippen molar-refractivity contribution in [2.24, 2.45) is 0 Å². The van der Waals surface area contributed by atoms with Crippen LogP contribution in [-0.4, -0.2) is 10.9 Å². The number of fused-ring (bicyclic) bond motifs is 1. The number of carbonyl (C=O) groups excluding carboxylic acids is 1. The minimum atomic E-state index is -0.281. The Kier molecular flexibility index (Phi) is 2.97. The van der Waals surface area contributed by atoms with Crippen LogP contribution in [0.5, 0.6) is 11.5 Å². The van der Waals surface area contributed by atoms with Gasteiger partial charge in [0.25, 0.3) is 0 Å². The van der Waals surface area contributed by atoms with Crippen LogP contribution >= 0.6 is 0 Å². The number of benzene rings is 2. The SMILES string of the molecule is Cc1cc(C)c2c(c1)C(=O)CC(c1ccc(O)cc1)O2. The van der Waals surface area contributed by atoms with Crippen LogP contribution in [0.4, 0.5) is 0 Å². The highest BCUT2D eigenvalue weighted by atomic mass is 16.5. The predicted octanol–water partition coefficient (Wildman–Crippen LogP) is 3.72. The van der Waals surface area contributed by atoms with E-state index in [9.17, 15) is 9.90 Å². The molecule has 1 aliphatic heterocycles. The molecule has 0 spiro atoms. The average molecular weight is 268 g/mol. The van der Waals surface area contributed by atoms with E-state index in [-0.39, 0.29) is 17.6 Å². The van der Waals surface area contributed by atoms with Gasteiger partial charge in [0.2, 0.25) is 0 Å². The molecular weight excluding hydrogens is 252 g/mol. The van der Waals surface area contributed by atoms with Crippen molar-refractivity contribution in [3.05, 3.63) is 58.7 Å². The number of Topliss-reactive ketones (excluding diaryl/α,β-unsaturated/α-hetero) is 1. The second-order valence-corrected chi connectivity index (χ2v) is 5.28. The lowest BCUT2D eigenvalue weighted by Crippen LogP contribution is -2.21. The molecule has 0 aliphatic carbocycles. The van der Waals surface area contributed by atoms with Crippen LogP contribution in [0.3, 0.4) is 0 Å². The highest BCUT2D eigenvalue weighted by molar-refractivity contribution is 6.00. The number of aryl methyl sites for hydroxylation is 2. The molecule has 0 aromatic heterocycles. The van der Waals surface area contributed by atoms with Crippen molar-refractivity contribution in [2.45, 2.75) is 26.4 Å². The van der Waals surface area contributed by atoms with E-state index in [1.807, 2.05) is 26.0 Å². The first-order chi connectivity index (χ1) is 9.54. The summed E-state index contributed by atoms with van der Waals surface area (Å²) in [5, 5.41) is 9.33. The third kappa shape index (κ3) is 2.16. The predicted molar refractivity (Wildman–Crippen MR) is 76.3 cm³/mol. The van der Waals surface area contributed by atoms with Crippen molar-refractivity contribution in [1.82, 2.24) is 0 Å². The van der Waals surface area contributed by atoms with E-state index in [0.29, 0.717) is 17.7 Å². The molecule has 1 heterocycles. The normalized spacial score (nSPS) is 17.5. The van der Waals surface area contributed by atoms with Gasteiger partial charge in [-0.3, -0.25) is 4.79 Å². The van der Waals surface area contributed by atoms with Gasteiger partial charge < -0.3 is 9.84 Å². The number of phenols is 1. The highest BCUT2D eigenvalue weighted by Gasteiger charge is 2.28. The fraction of sp³-hybridized carbons (Fsp3) is 0.235. The van der Waals surface area contributed by atoms with E-state index in [1.165, 1.54) is 0 Å². The van der Waals surface area contributed by atoms with E-state index >= 15 is 0 Å². The third-order valence-corrected chi connectivity index (χ3v) is 3.62. The summed E-state index contributed by atoms with van der Waals surface area (Å²) >= 11 is 0. The zero-order chi connectivity index (χ0) is 14.3. The lowest BCUT2D eigenvalue weighted by Gasteiger charge is -2.27. The minimum absolute atomic E-state index is 0.108. The zero-order valence-electron chi connectivity index (χ0n) is 11.5. The first-order valence-electron chi connectivity index (χ1n) is 6.64. The van der Waals surface area contributed by atoms with Crippen molar-refractivity contribution in [1.29, 1.82) is 0 Å². The number of rotatable bonds is 1. The first kappa shape index (κ1) is 12.7. The maximum Gasteiger partial charge on any atom is 0.170 e. The summed E-state index contributed by atoms with van der Waals surface area (Å²) in [5.74, 6) is 1.00. The molecule has 0 bridgehead atoms. The van der Waals surface area contributed by atoms with Crippen molar-refractivity contribution in [3.63, 3.8) is 0 Å². The molecule has 3 nitrogen and oxygen atoms in total. The van der Waals surface area contributed by atoms with Crippen LogP contribution in [0.1, 0.15) is 39.6 Å². The number of aromatic hydroxyl groups is 1. The minimum Gasteiger partial charge on any atom is -0.508 e. The Morgan fingerprint density at radius 2 is 1.85 bits per heavy atom. The highest BCUT2D eigenvalue weighted by Crippen LogP contribution is 2.37. The Morgan fingerprint density at radius 3 is 2.55 bits per heavy atom. The van der Waals surface area contributed by atoms with Crippen LogP contribution in [0.25, 0.3) is 0 Å². The molecule has 1 atom stereocenters. The van der Waals surface area contributed by atoms with Gasteiger partial charge >= 0.3 is 0 Å². The van der Waals surface area contributed by atoms with Crippen molar-refractivity contribution in [3.8, 4) is 11.5 Å². The number of ether oxygens (including phenoxy) is 1. The molecule has 0 radical (unpaired) electrons. The molecular formula is C17H16O3. The summed E-state index contributed by atoms with van der Waals surface area (Å²) in [6, 6.07) is 10.7. The van der Waals surface area contributed by atoms with Gasteiger partial charge in [-0.25, -0.2) is 0 Å². The topological polar surface area (TPSA) is 46.5 Å². The summed E-state index contributed by atoms with van der Waals surface area (Å²) in [4.78, 5) is 12.3. The lowest BCUT2D eigenvalue weighted by molar-refractivity contribution is 0.0848. The molecule has 3 rings (SSSR count). The van der Waals surface area contributed by atoms with Gasteiger partial charge in [0.1, 0.15) is 17.6 Å². The largest absolute Gasteiger partial charge is 0.508 e. The molecule has 0 saturated heterocycles. The van der Waals surface area contributed by atoms with E-state index in [0.717, 1.165) is 16.7 Å². The van der Waals surface area contributed by atoms with Crippen molar-refractivity contribution < 1.29 is 14.6 Å². The maximum absolute atomic E-state index is 12.3. The Bertz CT molecular complexity index is 671. The monoisotopic (exact) mass is 268 g/mol. The molecule has 0 amide bonds. The van der Waals surface area contributed by atoms with E-state index in [2.05, 4.69) is 0 Å². The van der Waals surface area contributed by atoms with Crippen molar-refractivity contribution in [2.75, 3.05) is 0 Å². The van der Waals surface area contributed by atoms with Crippen LogP contribution < -0.4 is 4.74 Å². The van der Waals surface area contributed by atoms with Crippen molar-refractivity contribution >= 4 is 5.78 Å². The quantitative estimate of drug-likeness (QED) is 0.857. The van der Waals surface area contributed by atoms with Gasteiger partial charge in [0.05, 0.1) is 12.0 Å². The Hall–Kier alpha value is -2.29. The van der Waals surface area contributed by atoms with Gasteiger partial charge in [0, 0.05) is 0 Å². The fourth-order valence-electron chi connectivity index (χ4n) is 2.66. The second-order valence-electron chi connectivity index (χ2n) is 5.28. The van der Waals surface area contributed by atoms with Crippen LogP contribution in [0.2, 0.25) is 0 Å². The summed E-state index contributed by atoms with van der Waals surface area (Å²) < 4.78 is 6.01. The molecule has 2 aromatic rings. The van der Waals surface area contributed by atoms with Gasteiger partial charge in [-0.1, -0.05) is 18.2 Å². The number of phenolic OH excluding ortho intramolecular Hbond substituents is 1. The van der Waals surface area contributed by atoms with Crippen LogP contribution in [0.15, 0.2) is 36.4 Å². The molecule has 20 heavy (non-hydrogen) atoms. The Morgan fingerprint density at radius 1 is 1.15 bits per heavy atom. The second kappa shape index (κ2) is 4.67. The molecule has 1 unspecified atom stereocenters. The zero-order valence-corrected chi connectivity index (χ0v) is 11.5. The number of carbonyl (C=O) groups is 1. The third-order valence-electron chi connectivity index (χ3n) is 3.62. The summed E-state index contributed by atoms with van der Waals surface area (Å²) in [6.45, 7) is 3.94. The summed E-state index contributed by atoms with van der Waals surface area (Å²) in [7, 11) is 0. The van der Waals surface area contributed by atoms with E-state index in [4.69, 9.17) is 4.74 Å². The fourth-order valence-corrected chi connectivity index (χ4v) is 2.66. The standard InChI is InChI=1S/C17H16O3/c1-10-7-11(2)17-14(8-10)15(19)9-16(20-17)12-3-5-13(18)6-4-12/h3-8,16,18H,9H2,1-2H3. The molecule has 102 valence electrons. The van der Waals surface area contributed by atoms with Gasteiger partial charge in [-0.2, -0.15) is 0 Å². The lowest BCUT2D eigenvalue weighted by atomic mass is 9.93. The first-order valence-corrected chi connectivity index (χ1v) is 6.64.